The van der Waals surface area contributed by atoms with Crippen LogP contribution < -0.4 is 5.73 Å². The van der Waals surface area contributed by atoms with Gasteiger partial charge in [0.05, 0.1) is 27.7 Å². The molecule has 1 aromatic rings. The molecule has 2 N–H and O–H groups in total. The van der Waals surface area contributed by atoms with Crippen molar-refractivity contribution >= 4 is 34.7 Å². The van der Waals surface area contributed by atoms with Crippen LogP contribution in [0.4, 0.5) is 32.0 Å². The van der Waals surface area contributed by atoms with Gasteiger partial charge in [0.2, 0.25) is 0 Å². The summed E-state index contributed by atoms with van der Waals surface area (Å²) in [5.41, 5.74) is 1.27. The molecule has 2 nitrogen and oxygen atoms in total. The van der Waals surface area contributed by atoms with E-state index in [9.17, 15) is 26.3 Å². The van der Waals surface area contributed by atoms with Crippen molar-refractivity contribution in [3.63, 3.8) is 0 Å². The van der Waals surface area contributed by atoms with Crippen molar-refractivity contribution in [2.45, 2.75) is 12.4 Å². The molecular weight excluding hydrogens is 333 g/mol. The first kappa shape index (κ1) is 16.9. The zero-order valence-electron chi connectivity index (χ0n) is 9.41. The number of benzene rings is 1. The summed E-state index contributed by atoms with van der Waals surface area (Å²) in [4.78, 5) is 3.36. The van der Waals surface area contributed by atoms with Gasteiger partial charge in [-0.2, -0.15) is 26.3 Å². The molecule has 0 spiro atoms. The van der Waals surface area contributed by atoms with Crippen molar-refractivity contribution in [2.24, 2.45) is 10.7 Å². The van der Waals surface area contributed by atoms with E-state index in [-0.39, 0.29) is 17.8 Å². The van der Waals surface area contributed by atoms with Gasteiger partial charge in [0.25, 0.3) is 0 Å². The predicted octanol–water partition coefficient (Wildman–Crippen LogP) is 4.61. The molecule has 0 atom stereocenters. The molecule has 0 aliphatic rings. The van der Waals surface area contributed by atoms with Crippen molar-refractivity contribution < 1.29 is 26.3 Å². The van der Waals surface area contributed by atoms with Gasteiger partial charge in [0.15, 0.2) is 0 Å². The second kappa shape index (κ2) is 5.69. The molecule has 10 heteroatoms. The summed E-state index contributed by atoms with van der Waals surface area (Å²) in [6, 6.07) is 0.287. The van der Waals surface area contributed by atoms with Crippen LogP contribution in [0.3, 0.4) is 0 Å². The Morgan fingerprint density at radius 2 is 1.65 bits per heavy atom. The molecule has 0 amide bonds. The Morgan fingerprint density at radius 1 is 1.10 bits per heavy atom. The molecule has 0 aliphatic heterocycles. The third-order valence-electron chi connectivity index (χ3n) is 2.09. The lowest BCUT2D eigenvalue weighted by Gasteiger charge is -2.15. The highest BCUT2D eigenvalue weighted by molar-refractivity contribution is 6.34. The standard InChI is InChI=1S/C10H6Cl2F6N2/c11-3-7(19)20-6-2-4(9(13,14)15)1-5(8(6)12)10(16,17)18/h1-2H,3H2,(H2,19,20). The molecular formula is C10H6Cl2F6N2. The summed E-state index contributed by atoms with van der Waals surface area (Å²) in [5.74, 6) is -0.727. The van der Waals surface area contributed by atoms with Gasteiger partial charge in [-0.1, -0.05) is 11.6 Å². The zero-order valence-corrected chi connectivity index (χ0v) is 10.9. The van der Waals surface area contributed by atoms with E-state index < -0.39 is 34.2 Å². The highest BCUT2D eigenvalue weighted by Crippen LogP contribution is 2.43. The number of nitrogens with zero attached hydrogens (tertiary/aromatic N) is 1. The van der Waals surface area contributed by atoms with Gasteiger partial charge in [-0.15, -0.1) is 11.6 Å². The molecule has 20 heavy (non-hydrogen) atoms. The lowest BCUT2D eigenvalue weighted by atomic mass is 10.1. The molecule has 1 aromatic carbocycles. The summed E-state index contributed by atoms with van der Waals surface area (Å²) in [6.45, 7) is 0. The van der Waals surface area contributed by atoms with Crippen LogP contribution in [-0.4, -0.2) is 11.7 Å². The Bertz CT molecular complexity index is 536. The van der Waals surface area contributed by atoms with E-state index in [1.54, 1.807) is 0 Å². The average Bonchev–Trinajstić information content (AvgIpc) is 2.28. The number of amidine groups is 1. The van der Waals surface area contributed by atoms with Crippen LogP contribution in [-0.2, 0) is 12.4 Å². The Morgan fingerprint density at radius 3 is 2.05 bits per heavy atom. The fraction of sp³-hybridized carbons (Fsp3) is 0.300. The fourth-order valence-corrected chi connectivity index (χ4v) is 1.56. The second-order valence-corrected chi connectivity index (χ2v) is 4.23. The first-order valence-electron chi connectivity index (χ1n) is 4.83. The Labute approximate surface area is 119 Å². The van der Waals surface area contributed by atoms with Crippen molar-refractivity contribution in [3.05, 3.63) is 28.3 Å². The Kier molecular flexibility index (Phi) is 4.81. The lowest BCUT2D eigenvalue weighted by Crippen LogP contribution is -2.14. The molecule has 0 unspecified atom stereocenters. The second-order valence-electron chi connectivity index (χ2n) is 3.59. The number of aliphatic imine (C=N–C) groups is 1. The summed E-state index contributed by atoms with van der Waals surface area (Å²) in [5, 5.41) is -0.974. The van der Waals surface area contributed by atoms with Crippen molar-refractivity contribution in [2.75, 3.05) is 5.88 Å². The zero-order chi connectivity index (χ0) is 15.7. The van der Waals surface area contributed by atoms with E-state index >= 15 is 0 Å². The maximum Gasteiger partial charge on any atom is 0.417 e. The third-order valence-corrected chi connectivity index (χ3v) is 2.76. The minimum Gasteiger partial charge on any atom is -0.386 e. The van der Waals surface area contributed by atoms with Crippen LogP contribution in [0.5, 0.6) is 0 Å². The summed E-state index contributed by atoms with van der Waals surface area (Å²) >= 11 is 10.7. The van der Waals surface area contributed by atoms with E-state index in [2.05, 4.69) is 4.99 Å². The van der Waals surface area contributed by atoms with Gasteiger partial charge in [-0.3, -0.25) is 0 Å². The van der Waals surface area contributed by atoms with E-state index in [0.717, 1.165) is 0 Å². The van der Waals surface area contributed by atoms with Crippen LogP contribution in [0.15, 0.2) is 17.1 Å². The number of hydrogen-bond donors (Lipinski definition) is 1. The third kappa shape index (κ3) is 3.92. The quantitative estimate of drug-likeness (QED) is 0.364. The molecule has 0 fully saturated rings. The van der Waals surface area contributed by atoms with E-state index in [0.29, 0.717) is 6.07 Å². The Hall–Kier alpha value is -1.15. The summed E-state index contributed by atoms with van der Waals surface area (Å²) in [6.07, 6.45) is -10.0. The number of nitrogens with two attached hydrogens (primary N) is 1. The van der Waals surface area contributed by atoms with E-state index in [1.807, 2.05) is 0 Å². The van der Waals surface area contributed by atoms with Gasteiger partial charge in [-0.25, -0.2) is 4.99 Å². The topological polar surface area (TPSA) is 38.4 Å². The monoisotopic (exact) mass is 338 g/mol. The van der Waals surface area contributed by atoms with Crippen LogP contribution >= 0.6 is 23.2 Å². The largest absolute Gasteiger partial charge is 0.417 e. The van der Waals surface area contributed by atoms with Crippen molar-refractivity contribution in [1.82, 2.24) is 0 Å². The van der Waals surface area contributed by atoms with Gasteiger partial charge in [-0.05, 0) is 12.1 Å². The molecule has 0 saturated carbocycles. The Balaban J connectivity index is 3.60. The van der Waals surface area contributed by atoms with Crippen molar-refractivity contribution in [3.8, 4) is 0 Å². The molecule has 1 rings (SSSR count). The van der Waals surface area contributed by atoms with Crippen LogP contribution in [0.25, 0.3) is 0 Å². The number of hydrogen-bond acceptors (Lipinski definition) is 1. The van der Waals surface area contributed by atoms with Crippen LogP contribution in [0.1, 0.15) is 11.1 Å². The van der Waals surface area contributed by atoms with Gasteiger partial charge < -0.3 is 5.73 Å². The molecule has 0 radical (unpaired) electrons. The molecule has 0 bridgehead atoms. The highest BCUT2D eigenvalue weighted by atomic mass is 35.5. The molecule has 0 heterocycles. The molecule has 0 aromatic heterocycles. The van der Waals surface area contributed by atoms with E-state index in [4.69, 9.17) is 28.9 Å². The minimum atomic E-state index is -5.06. The maximum absolute atomic E-state index is 12.7. The normalized spacial score (nSPS) is 13.7. The van der Waals surface area contributed by atoms with Gasteiger partial charge >= 0.3 is 12.4 Å². The van der Waals surface area contributed by atoms with Crippen molar-refractivity contribution in [1.29, 1.82) is 0 Å². The molecule has 112 valence electrons. The first-order chi connectivity index (χ1) is 8.96. The highest BCUT2D eigenvalue weighted by Gasteiger charge is 2.39. The molecule has 0 aliphatic carbocycles. The minimum absolute atomic E-state index is 0.0851. The van der Waals surface area contributed by atoms with E-state index in [1.165, 1.54) is 0 Å². The van der Waals surface area contributed by atoms with Crippen LogP contribution in [0.2, 0.25) is 5.02 Å². The maximum atomic E-state index is 12.7. The predicted molar refractivity (Wildman–Crippen MR) is 63.5 cm³/mol. The SMILES string of the molecule is NC(CCl)=Nc1cc(C(F)(F)F)cc(C(F)(F)F)c1Cl. The summed E-state index contributed by atoms with van der Waals surface area (Å²) in [7, 11) is 0. The molecule has 0 saturated heterocycles. The van der Waals surface area contributed by atoms with Gasteiger partial charge in [0, 0.05) is 0 Å². The fourth-order valence-electron chi connectivity index (χ4n) is 1.25. The van der Waals surface area contributed by atoms with Crippen LogP contribution in [0, 0.1) is 0 Å². The number of halogens is 8. The summed E-state index contributed by atoms with van der Waals surface area (Å²) < 4.78 is 75.7. The lowest BCUT2D eigenvalue weighted by molar-refractivity contribution is -0.142. The number of alkyl halides is 7. The number of rotatable bonds is 2. The van der Waals surface area contributed by atoms with Gasteiger partial charge in [0.1, 0.15) is 5.84 Å². The average molecular weight is 339 g/mol. The first-order valence-corrected chi connectivity index (χ1v) is 5.75. The smallest absolute Gasteiger partial charge is 0.386 e.